The first kappa shape index (κ1) is 19.1. The third-order valence-corrected chi connectivity index (χ3v) is 3.62. The standard InChI is InChI=1S/C19H26O4/c1-14(2)6-4-7-15(3)10-11-16(13-20)8-5-9-17-12-18(21)23-19(17)22/h6,8,10,12-13,19,22H,4-5,7,9,11H2,1-3H3/b15-10+,16-8-. The number of carbonyl (C=O) groups excluding carboxylic acids is 2. The maximum atomic E-state index is 11.1. The zero-order valence-corrected chi connectivity index (χ0v) is 14.2. The van der Waals surface area contributed by atoms with Gasteiger partial charge < -0.3 is 9.84 Å². The molecule has 1 aliphatic rings. The average Bonchev–Trinajstić information content (AvgIpc) is 2.80. The van der Waals surface area contributed by atoms with Crippen LogP contribution in [0.1, 0.15) is 52.9 Å². The molecule has 0 saturated carbocycles. The highest BCUT2D eigenvalue weighted by Crippen LogP contribution is 2.19. The predicted molar refractivity (Wildman–Crippen MR) is 90.6 cm³/mol. The van der Waals surface area contributed by atoms with Gasteiger partial charge in [-0.1, -0.05) is 29.4 Å². The van der Waals surface area contributed by atoms with Crippen molar-refractivity contribution in [2.75, 3.05) is 0 Å². The Morgan fingerprint density at radius 1 is 1.22 bits per heavy atom. The molecule has 4 nitrogen and oxygen atoms in total. The molecule has 0 fully saturated rings. The fourth-order valence-electron chi connectivity index (χ4n) is 2.22. The molecule has 1 atom stereocenters. The van der Waals surface area contributed by atoms with Gasteiger partial charge in [0.1, 0.15) is 6.29 Å². The van der Waals surface area contributed by atoms with Crippen molar-refractivity contribution in [2.24, 2.45) is 0 Å². The van der Waals surface area contributed by atoms with Crippen molar-refractivity contribution in [1.82, 2.24) is 0 Å². The summed E-state index contributed by atoms with van der Waals surface area (Å²) in [7, 11) is 0. The summed E-state index contributed by atoms with van der Waals surface area (Å²) in [6.45, 7) is 6.24. The van der Waals surface area contributed by atoms with E-state index in [1.54, 1.807) is 0 Å². The smallest absolute Gasteiger partial charge is 0.333 e. The zero-order valence-electron chi connectivity index (χ0n) is 14.2. The van der Waals surface area contributed by atoms with Crippen molar-refractivity contribution in [3.05, 3.63) is 46.6 Å². The number of hydrogen-bond acceptors (Lipinski definition) is 4. The highest BCUT2D eigenvalue weighted by Gasteiger charge is 2.22. The van der Waals surface area contributed by atoms with Crippen molar-refractivity contribution < 1.29 is 19.4 Å². The molecular weight excluding hydrogens is 292 g/mol. The number of aliphatic hydroxyl groups excluding tert-OH is 1. The Kier molecular flexibility index (Phi) is 8.27. The number of esters is 1. The Morgan fingerprint density at radius 3 is 2.52 bits per heavy atom. The van der Waals surface area contributed by atoms with Gasteiger partial charge >= 0.3 is 5.97 Å². The van der Waals surface area contributed by atoms with Crippen molar-refractivity contribution >= 4 is 12.3 Å². The van der Waals surface area contributed by atoms with Crippen molar-refractivity contribution in [1.29, 1.82) is 0 Å². The lowest BCUT2D eigenvalue weighted by atomic mass is 10.0. The van der Waals surface area contributed by atoms with Gasteiger partial charge in [0.15, 0.2) is 0 Å². The Bertz CT molecular complexity index is 546. The Balaban J connectivity index is 2.43. The monoisotopic (exact) mass is 318 g/mol. The first-order chi connectivity index (χ1) is 10.9. The van der Waals surface area contributed by atoms with Crippen LogP contribution in [0, 0.1) is 0 Å². The summed E-state index contributed by atoms with van der Waals surface area (Å²) in [5.41, 5.74) is 3.86. The maximum absolute atomic E-state index is 11.1. The molecule has 0 bridgehead atoms. The van der Waals surface area contributed by atoms with E-state index in [0.29, 0.717) is 30.4 Å². The molecular formula is C19H26O4. The van der Waals surface area contributed by atoms with E-state index in [9.17, 15) is 14.7 Å². The average molecular weight is 318 g/mol. The molecule has 1 unspecified atom stereocenters. The van der Waals surface area contributed by atoms with Crippen molar-refractivity contribution in [2.45, 2.75) is 59.2 Å². The van der Waals surface area contributed by atoms with E-state index >= 15 is 0 Å². The summed E-state index contributed by atoms with van der Waals surface area (Å²) in [4.78, 5) is 22.1. The number of hydrogen-bond donors (Lipinski definition) is 1. The molecule has 1 N–H and O–H groups in total. The zero-order chi connectivity index (χ0) is 17.2. The first-order valence-electron chi connectivity index (χ1n) is 7.94. The van der Waals surface area contributed by atoms with Crippen molar-refractivity contribution in [3.8, 4) is 0 Å². The minimum atomic E-state index is -1.13. The normalized spacial score (nSPS) is 18.5. The molecule has 4 heteroatoms. The van der Waals surface area contributed by atoms with Crippen LogP contribution < -0.4 is 0 Å². The molecule has 0 amide bonds. The van der Waals surface area contributed by atoms with E-state index in [-0.39, 0.29) is 0 Å². The van der Waals surface area contributed by atoms with Crippen LogP contribution in [0.15, 0.2) is 46.6 Å². The SMILES string of the molecule is CC(C)=CCC/C(C)=C/C/C(C=O)=C/CCC1=CC(=O)OC1O. The number of rotatable bonds is 9. The number of allylic oxidation sites excluding steroid dienone is 6. The Hall–Kier alpha value is -1.94. The van der Waals surface area contributed by atoms with E-state index in [1.807, 2.05) is 6.08 Å². The molecule has 0 radical (unpaired) electrons. The highest BCUT2D eigenvalue weighted by molar-refractivity contribution is 5.85. The van der Waals surface area contributed by atoms with Crippen molar-refractivity contribution in [3.63, 3.8) is 0 Å². The molecule has 0 aromatic carbocycles. The summed E-state index contributed by atoms with van der Waals surface area (Å²) in [6.07, 6.45) is 10.9. The van der Waals surface area contributed by atoms with Gasteiger partial charge in [-0.2, -0.15) is 0 Å². The molecule has 0 saturated heterocycles. The lowest BCUT2D eigenvalue weighted by Crippen LogP contribution is -2.09. The number of carbonyl (C=O) groups is 2. The first-order valence-corrected chi connectivity index (χ1v) is 7.94. The predicted octanol–water partition coefficient (Wildman–Crippen LogP) is 3.78. The second-order valence-electron chi connectivity index (χ2n) is 6.02. The second-order valence-corrected chi connectivity index (χ2v) is 6.02. The number of aliphatic hydroxyl groups is 1. The van der Waals surface area contributed by atoms with Gasteiger partial charge in [0, 0.05) is 11.6 Å². The summed E-state index contributed by atoms with van der Waals surface area (Å²) < 4.78 is 4.61. The Labute approximate surface area is 138 Å². The van der Waals surface area contributed by atoms with Crippen LogP contribution in [0.4, 0.5) is 0 Å². The molecule has 23 heavy (non-hydrogen) atoms. The Morgan fingerprint density at radius 2 is 1.96 bits per heavy atom. The van der Waals surface area contributed by atoms with Gasteiger partial charge in [0.25, 0.3) is 0 Å². The number of cyclic esters (lactones) is 1. The lowest BCUT2D eigenvalue weighted by Gasteiger charge is -2.05. The van der Waals surface area contributed by atoms with E-state index in [1.165, 1.54) is 17.2 Å². The van der Waals surface area contributed by atoms with Gasteiger partial charge in [-0.05, 0) is 58.4 Å². The number of aldehydes is 1. The van der Waals surface area contributed by atoms with Gasteiger partial charge in [0.2, 0.25) is 6.29 Å². The van der Waals surface area contributed by atoms with Crippen LogP contribution in [0.25, 0.3) is 0 Å². The van der Waals surface area contributed by atoms with E-state index in [0.717, 1.165) is 19.1 Å². The largest absolute Gasteiger partial charge is 0.429 e. The fraction of sp³-hybridized carbons (Fsp3) is 0.474. The quantitative estimate of drug-likeness (QED) is 0.304. The van der Waals surface area contributed by atoms with E-state index in [4.69, 9.17) is 0 Å². The van der Waals surface area contributed by atoms with Crippen LogP contribution in [0.3, 0.4) is 0 Å². The molecule has 1 rings (SSSR count). The van der Waals surface area contributed by atoms with E-state index < -0.39 is 12.3 Å². The lowest BCUT2D eigenvalue weighted by molar-refractivity contribution is -0.151. The third-order valence-electron chi connectivity index (χ3n) is 3.62. The van der Waals surface area contributed by atoms with Crippen LogP contribution in [-0.2, 0) is 14.3 Å². The topological polar surface area (TPSA) is 63.6 Å². The summed E-state index contributed by atoms with van der Waals surface area (Å²) in [5.74, 6) is -0.512. The van der Waals surface area contributed by atoms with Crippen LogP contribution in [0.5, 0.6) is 0 Å². The molecule has 126 valence electrons. The third kappa shape index (κ3) is 7.75. The molecule has 0 aliphatic carbocycles. The van der Waals surface area contributed by atoms with Gasteiger partial charge in [-0.3, -0.25) is 4.79 Å². The minimum Gasteiger partial charge on any atom is -0.429 e. The number of ether oxygens (including phenoxy) is 1. The molecule has 1 aliphatic heterocycles. The summed E-state index contributed by atoms with van der Waals surface area (Å²) >= 11 is 0. The molecule has 0 spiro atoms. The van der Waals surface area contributed by atoms with Crippen LogP contribution in [-0.4, -0.2) is 23.7 Å². The second kappa shape index (κ2) is 9.95. The molecule has 0 aromatic heterocycles. The van der Waals surface area contributed by atoms with Gasteiger partial charge in [-0.15, -0.1) is 0 Å². The van der Waals surface area contributed by atoms with Gasteiger partial charge in [0.05, 0.1) is 0 Å². The maximum Gasteiger partial charge on any atom is 0.333 e. The highest BCUT2D eigenvalue weighted by atomic mass is 16.6. The van der Waals surface area contributed by atoms with Gasteiger partial charge in [-0.25, -0.2) is 4.79 Å². The molecule has 0 aromatic rings. The van der Waals surface area contributed by atoms with E-state index in [2.05, 4.69) is 37.7 Å². The molecule has 1 heterocycles. The summed E-state index contributed by atoms with van der Waals surface area (Å²) in [5, 5.41) is 9.46. The summed E-state index contributed by atoms with van der Waals surface area (Å²) in [6, 6.07) is 0. The fourth-order valence-corrected chi connectivity index (χ4v) is 2.22. The minimum absolute atomic E-state index is 0.507. The van der Waals surface area contributed by atoms with Crippen LogP contribution >= 0.6 is 0 Å². The van der Waals surface area contributed by atoms with Crippen LogP contribution in [0.2, 0.25) is 0 Å².